The summed E-state index contributed by atoms with van der Waals surface area (Å²) < 4.78 is 20.6. The first-order valence-electron chi connectivity index (χ1n) is 22.5. The van der Waals surface area contributed by atoms with Crippen LogP contribution in [0.4, 0.5) is 9.59 Å². The lowest BCUT2D eigenvalue weighted by atomic mass is 9.98. The predicted octanol–water partition coefficient (Wildman–Crippen LogP) is 7.08. The summed E-state index contributed by atoms with van der Waals surface area (Å²) in [6.45, 7) is 3.43. The number of benzene rings is 4. The number of ether oxygens (including phenoxy) is 4. The minimum absolute atomic E-state index is 0.0466. The fourth-order valence-electron chi connectivity index (χ4n) is 10.5. The van der Waals surface area contributed by atoms with E-state index in [1.165, 1.54) is 28.1 Å². The molecule has 2 aliphatic carbocycles. The third-order valence-corrected chi connectivity index (χ3v) is 16.6. The lowest BCUT2D eigenvalue weighted by Gasteiger charge is -2.22. The van der Waals surface area contributed by atoms with Gasteiger partial charge in [0.25, 0.3) is 0 Å². The molecule has 0 unspecified atom stereocenters. The van der Waals surface area contributed by atoms with E-state index in [1.54, 1.807) is 9.80 Å². The van der Waals surface area contributed by atoms with Gasteiger partial charge in [0.2, 0.25) is 11.8 Å². The number of ketones is 1. The van der Waals surface area contributed by atoms with Gasteiger partial charge in [0.05, 0.1) is 22.1 Å². The lowest BCUT2D eigenvalue weighted by molar-refractivity contribution is -0.150. The Bertz CT molecular complexity index is 2360. The highest BCUT2D eigenvalue weighted by atomic mass is 127. The van der Waals surface area contributed by atoms with Crippen LogP contribution in [0.2, 0.25) is 0 Å². The molecule has 17 heteroatoms. The number of hydrogen-bond donors (Lipinski definition) is 2. The fourth-order valence-corrected chi connectivity index (χ4v) is 12.9. The van der Waals surface area contributed by atoms with Crippen LogP contribution in [-0.4, -0.2) is 123 Å². The molecule has 0 saturated carbocycles. The maximum absolute atomic E-state index is 13.0. The number of fused-ring (bicyclic) bond motifs is 8. The molecule has 4 amide bonds. The van der Waals surface area contributed by atoms with E-state index in [2.05, 4.69) is 104 Å². The molecule has 4 saturated heterocycles. The normalized spacial score (nSPS) is 24.7. The first-order chi connectivity index (χ1) is 32.7. The van der Waals surface area contributed by atoms with Crippen molar-refractivity contribution in [3.05, 3.63) is 119 Å². The van der Waals surface area contributed by atoms with Crippen LogP contribution in [0.1, 0.15) is 73.6 Å². The number of esters is 2. The molecule has 0 aromatic heterocycles. The van der Waals surface area contributed by atoms with E-state index in [0.717, 1.165) is 44.5 Å². The number of alkyl halides is 2. The molecule has 10 rings (SSSR count). The van der Waals surface area contributed by atoms with Gasteiger partial charge >= 0.3 is 24.1 Å². The monoisotopic (exact) mass is 1150 g/mol. The number of alkyl carbamates (subject to hydrolysis) is 2. The van der Waals surface area contributed by atoms with E-state index < -0.39 is 48.3 Å². The highest BCUT2D eigenvalue weighted by Gasteiger charge is 2.56. The van der Waals surface area contributed by atoms with Crippen molar-refractivity contribution in [1.82, 2.24) is 20.4 Å². The average Bonchev–Trinajstić information content (AvgIpc) is 4.19. The van der Waals surface area contributed by atoms with Gasteiger partial charge in [-0.25, -0.2) is 19.2 Å². The number of Topliss-reactive ketones (excluding diaryl/α,β-unsaturated/α-hetero) is 1. The average molecular weight is 1150 g/mol. The summed E-state index contributed by atoms with van der Waals surface area (Å²) in [5.41, 5.74) is 9.15. The molecule has 0 spiro atoms. The van der Waals surface area contributed by atoms with Gasteiger partial charge in [0, 0.05) is 23.9 Å². The van der Waals surface area contributed by atoms with Crippen molar-refractivity contribution in [3.63, 3.8) is 0 Å². The summed E-state index contributed by atoms with van der Waals surface area (Å²) in [5, 5.41) is 5.49. The van der Waals surface area contributed by atoms with E-state index >= 15 is 0 Å². The third-order valence-electron chi connectivity index (χ3n) is 13.5. The van der Waals surface area contributed by atoms with E-state index in [4.69, 9.17) is 18.9 Å². The predicted molar refractivity (Wildman–Crippen MR) is 267 cm³/mol. The molecule has 0 bridgehead atoms. The molecule has 0 radical (unpaired) electrons. The number of amides is 4. The highest BCUT2D eigenvalue weighted by molar-refractivity contribution is 14.1. The SMILES string of the molecule is CC(C)=O.COC(=O)[C@@H]1CC[C@H]2[C@@H](I)[C@H](NC(=O)OCC3c4ccccc4-c4ccccc43)C(=O)N12.COC(=O)[C@@H]1CC[C@H]2[C@@H](I)[C@H](NC(=O)OCC3c4ccccc4-c4ccccc43)C(=O)N12. The molecule has 4 aliphatic heterocycles. The Morgan fingerprint density at radius 3 is 1.12 bits per heavy atom. The summed E-state index contributed by atoms with van der Waals surface area (Å²) in [5.74, 6) is -1.26. The van der Waals surface area contributed by atoms with Crippen molar-refractivity contribution in [2.24, 2.45) is 0 Å². The number of carbonyl (C=O) groups excluding carboxylic acids is 7. The second kappa shape index (κ2) is 21.0. The van der Waals surface area contributed by atoms with E-state index in [1.807, 2.05) is 48.5 Å². The number of halogens is 2. The van der Waals surface area contributed by atoms with Crippen molar-refractivity contribution in [2.45, 2.75) is 95.5 Å². The molecule has 2 N–H and O–H groups in total. The third kappa shape index (κ3) is 9.43. The Morgan fingerprint density at radius 1 is 0.529 bits per heavy atom. The van der Waals surface area contributed by atoms with Gasteiger partial charge in [-0.1, -0.05) is 142 Å². The van der Waals surface area contributed by atoms with Crippen LogP contribution in [0.5, 0.6) is 0 Å². The second-order valence-electron chi connectivity index (χ2n) is 17.6. The Kier molecular flexibility index (Phi) is 15.1. The standard InChI is InChI=1S/2C24H23IN2O5.C3H6O/c2*1-31-23(29)19-11-10-18-20(25)21(22(28)27(18)19)26-24(30)32-12-17-15-8-4-2-6-13(15)14-7-3-5-9-16(14)17;1-3(2)4/h2*2-9,17-21H,10-12H2,1H3,(H,26,30);1-2H3/t2*18-,19-,20+,21-;/m00./s1. The number of nitrogens with zero attached hydrogens (tertiary/aromatic N) is 2. The molecular weight excluding hydrogens is 1100 g/mol. The Hall–Kier alpha value is -5.57. The highest BCUT2D eigenvalue weighted by Crippen LogP contribution is 2.46. The topological polar surface area (TPSA) is 187 Å². The maximum Gasteiger partial charge on any atom is 0.407 e. The fraction of sp³-hybridized carbons (Fsp3) is 0.392. The molecule has 356 valence electrons. The first-order valence-corrected chi connectivity index (χ1v) is 25.0. The van der Waals surface area contributed by atoms with Crippen molar-refractivity contribution in [1.29, 1.82) is 0 Å². The number of carbonyl (C=O) groups is 7. The summed E-state index contributed by atoms with van der Waals surface area (Å²) in [6.07, 6.45) is 1.34. The van der Waals surface area contributed by atoms with E-state index in [9.17, 15) is 33.6 Å². The Morgan fingerprint density at radius 2 is 0.824 bits per heavy atom. The van der Waals surface area contributed by atoms with Gasteiger partial charge in [-0.15, -0.1) is 0 Å². The van der Waals surface area contributed by atoms with Gasteiger partial charge < -0.3 is 44.2 Å². The van der Waals surface area contributed by atoms with Crippen molar-refractivity contribution < 1.29 is 52.5 Å². The van der Waals surface area contributed by atoms with E-state index in [-0.39, 0.29) is 62.6 Å². The van der Waals surface area contributed by atoms with Crippen LogP contribution in [-0.2, 0) is 42.9 Å². The van der Waals surface area contributed by atoms with E-state index in [0.29, 0.717) is 25.7 Å². The van der Waals surface area contributed by atoms with Crippen molar-refractivity contribution in [3.8, 4) is 22.3 Å². The van der Waals surface area contributed by atoms with Gasteiger partial charge in [-0.3, -0.25) is 9.59 Å². The van der Waals surface area contributed by atoms with Gasteiger partial charge in [-0.05, 0) is 84.0 Å². The largest absolute Gasteiger partial charge is 0.467 e. The van der Waals surface area contributed by atoms with Crippen LogP contribution < -0.4 is 10.6 Å². The van der Waals surface area contributed by atoms with Gasteiger partial charge in [0.1, 0.15) is 43.2 Å². The molecule has 4 aromatic carbocycles. The summed E-state index contributed by atoms with van der Waals surface area (Å²) in [4.78, 5) is 88.0. The van der Waals surface area contributed by atoms with Crippen LogP contribution in [0.3, 0.4) is 0 Å². The van der Waals surface area contributed by atoms with Crippen LogP contribution in [0.15, 0.2) is 97.1 Å². The molecule has 8 atom stereocenters. The number of methoxy groups -OCH3 is 2. The van der Waals surface area contributed by atoms with Gasteiger partial charge in [-0.2, -0.15) is 0 Å². The molecule has 4 fully saturated rings. The Labute approximate surface area is 421 Å². The smallest absolute Gasteiger partial charge is 0.407 e. The quantitative estimate of drug-likeness (QED) is 0.0795. The van der Waals surface area contributed by atoms with Crippen molar-refractivity contribution in [2.75, 3.05) is 27.4 Å². The molecular formula is C51H52I2N4O11. The molecule has 4 aromatic rings. The first kappa shape index (κ1) is 48.9. The number of hydrogen-bond acceptors (Lipinski definition) is 11. The number of rotatable bonds is 8. The molecule has 68 heavy (non-hydrogen) atoms. The minimum Gasteiger partial charge on any atom is -0.467 e. The van der Waals surface area contributed by atoms with Crippen LogP contribution >= 0.6 is 45.2 Å². The molecule has 4 heterocycles. The molecule has 15 nitrogen and oxygen atoms in total. The van der Waals surface area contributed by atoms with Crippen LogP contribution in [0, 0.1) is 0 Å². The maximum atomic E-state index is 13.0. The molecule has 6 aliphatic rings. The van der Waals surface area contributed by atoms with Crippen LogP contribution in [0.25, 0.3) is 22.3 Å². The summed E-state index contributed by atoms with van der Waals surface area (Å²) in [7, 11) is 2.65. The zero-order valence-electron chi connectivity index (χ0n) is 37.9. The zero-order valence-corrected chi connectivity index (χ0v) is 42.2. The summed E-state index contributed by atoms with van der Waals surface area (Å²) >= 11 is 4.38. The Balaban J connectivity index is 0.000000171. The van der Waals surface area contributed by atoms with Gasteiger partial charge in [0.15, 0.2) is 0 Å². The van der Waals surface area contributed by atoms with Crippen molar-refractivity contribution >= 4 is 86.9 Å². The summed E-state index contributed by atoms with van der Waals surface area (Å²) in [6, 6.07) is 29.7. The minimum atomic E-state index is -0.719. The zero-order chi connectivity index (χ0) is 48.4. The second-order valence-corrected chi connectivity index (χ2v) is 20.4. The lowest BCUT2D eigenvalue weighted by Crippen LogP contribution is -2.47. The number of nitrogens with one attached hydrogen (secondary N) is 2.